The monoisotopic (exact) mass is 386 g/mol. The van der Waals surface area contributed by atoms with Gasteiger partial charge in [-0.15, -0.1) is 11.6 Å². The summed E-state index contributed by atoms with van der Waals surface area (Å²) in [6.45, 7) is 5.20. The van der Waals surface area contributed by atoms with Gasteiger partial charge in [0.1, 0.15) is 16.9 Å². The molecular formula is C19H30ClFN3O2+. The van der Waals surface area contributed by atoms with Gasteiger partial charge in [-0.25, -0.2) is 9.29 Å². The summed E-state index contributed by atoms with van der Waals surface area (Å²) in [6.07, 6.45) is 4.24. The van der Waals surface area contributed by atoms with E-state index in [9.17, 15) is 9.30 Å². The molecule has 1 atom stereocenters. The summed E-state index contributed by atoms with van der Waals surface area (Å²) >= 11 is 5.91. The first-order chi connectivity index (χ1) is 12.5. The van der Waals surface area contributed by atoms with Crippen LogP contribution >= 0.6 is 11.6 Å². The first kappa shape index (κ1) is 21.1. The molecule has 26 heavy (non-hydrogen) atoms. The highest BCUT2D eigenvalue weighted by molar-refractivity contribution is 6.20. The molecule has 7 heteroatoms. The van der Waals surface area contributed by atoms with Gasteiger partial charge in [0.2, 0.25) is 13.2 Å². The Balaban J connectivity index is 1.58. The maximum atomic E-state index is 13.5. The summed E-state index contributed by atoms with van der Waals surface area (Å²) in [5.41, 5.74) is 6.07. The fourth-order valence-corrected chi connectivity index (χ4v) is 3.37. The number of halogens is 2. The first-order valence-electron chi connectivity index (χ1n) is 9.35. The van der Waals surface area contributed by atoms with E-state index in [0.717, 1.165) is 43.5 Å². The number of hydrogen-bond acceptors (Lipinski definition) is 4. The number of hydrogen-bond donors (Lipinski definition) is 1. The molecule has 1 aromatic rings. The topological polar surface area (TPSA) is 58.6 Å². The van der Waals surface area contributed by atoms with Gasteiger partial charge in [-0.3, -0.25) is 0 Å². The third-order valence-corrected chi connectivity index (χ3v) is 5.21. The highest BCUT2D eigenvalue weighted by atomic mass is 35.5. The lowest BCUT2D eigenvalue weighted by atomic mass is 9.92. The number of ether oxygens (including phenoxy) is 1. The number of benzene rings is 1. The second-order valence-electron chi connectivity index (χ2n) is 7.10. The van der Waals surface area contributed by atoms with E-state index in [0.29, 0.717) is 37.1 Å². The molecule has 1 heterocycles. The molecule has 0 amide bonds. The maximum absolute atomic E-state index is 13.5. The number of rotatable bonds is 10. The predicted octanol–water partition coefficient (Wildman–Crippen LogP) is 3.31. The van der Waals surface area contributed by atoms with E-state index in [1.165, 1.54) is 6.07 Å². The van der Waals surface area contributed by atoms with Gasteiger partial charge < -0.3 is 10.5 Å². The Bertz CT molecular complexity index is 580. The van der Waals surface area contributed by atoms with E-state index < -0.39 is 0 Å². The highest BCUT2D eigenvalue weighted by Gasteiger charge is 2.24. The van der Waals surface area contributed by atoms with E-state index in [1.807, 2.05) is 6.07 Å². The molecule has 0 aromatic heterocycles. The predicted molar refractivity (Wildman–Crippen MR) is 102 cm³/mol. The first-order valence-corrected chi connectivity index (χ1v) is 9.79. The van der Waals surface area contributed by atoms with Crippen molar-refractivity contribution in [1.29, 1.82) is 0 Å². The molecule has 0 spiro atoms. The van der Waals surface area contributed by atoms with Crippen LogP contribution in [0.5, 0.6) is 5.75 Å². The van der Waals surface area contributed by atoms with Gasteiger partial charge in [0.05, 0.1) is 6.61 Å². The van der Waals surface area contributed by atoms with Crippen molar-refractivity contribution in [2.75, 3.05) is 39.5 Å². The smallest absolute Gasteiger partial charge is 0.247 e. The second kappa shape index (κ2) is 10.8. The zero-order valence-electron chi connectivity index (χ0n) is 15.5. The molecule has 0 saturated carbocycles. The summed E-state index contributed by atoms with van der Waals surface area (Å²) in [5.74, 6) is 1.03. The molecule has 146 valence electrons. The lowest BCUT2D eigenvalue weighted by molar-refractivity contribution is -0.568. The minimum Gasteiger partial charge on any atom is -0.493 e. The normalized spacial score (nSPS) is 17.2. The largest absolute Gasteiger partial charge is 0.493 e. The molecule has 1 aromatic carbocycles. The van der Waals surface area contributed by atoms with Crippen LogP contribution in [0, 0.1) is 23.6 Å². The molecule has 1 unspecified atom stereocenters. The van der Waals surface area contributed by atoms with Crippen molar-refractivity contribution in [3.63, 3.8) is 0 Å². The Hall–Kier alpha value is -1.24. The Labute approximate surface area is 160 Å². The number of alkyl halides is 1. The number of piperidine rings is 1. The van der Waals surface area contributed by atoms with Gasteiger partial charge in [-0.05, 0) is 50.2 Å². The van der Waals surface area contributed by atoms with E-state index >= 15 is 0 Å². The molecule has 2 rings (SSSR count). The third-order valence-electron chi connectivity index (χ3n) is 4.89. The molecule has 1 fully saturated rings. The van der Waals surface area contributed by atoms with Gasteiger partial charge in [-0.1, -0.05) is 6.07 Å². The summed E-state index contributed by atoms with van der Waals surface area (Å²) in [7, 11) is 0. The summed E-state index contributed by atoms with van der Waals surface area (Å²) in [4.78, 5) is 14.0. The van der Waals surface area contributed by atoms with Gasteiger partial charge in [-0.2, -0.15) is 0 Å². The number of nitroso groups, excluding NO2 is 1. The van der Waals surface area contributed by atoms with Crippen LogP contribution in [0.2, 0.25) is 0 Å². The number of likely N-dealkylation sites (tertiary alicyclic amines) is 1. The summed E-state index contributed by atoms with van der Waals surface area (Å²) in [5, 5.41) is -0.285. The average Bonchev–Trinajstić information content (AvgIpc) is 2.62. The maximum Gasteiger partial charge on any atom is 0.247 e. The average molecular weight is 387 g/mol. The van der Waals surface area contributed by atoms with Crippen molar-refractivity contribution in [1.82, 2.24) is 4.90 Å². The molecule has 0 bridgehead atoms. The van der Waals surface area contributed by atoms with Gasteiger partial charge in [0, 0.05) is 35.4 Å². The van der Waals surface area contributed by atoms with E-state index in [-0.39, 0.29) is 17.7 Å². The molecular weight excluding hydrogens is 357 g/mol. The van der Waals surface area contributed by atoms with Gasteiger partial charge in [0.15, 0.2) is 0 Å². The molecule has 5 nitrogen and oxygen atoms in total. The fourth-order valence-electron chi connectivity index (χ4n) is 3.22. The zero-order chi connectivity index (χ0) is 18.9. The molecule has 1 aliphatic heterocycles. The number of nitrogens with zero attached hydrogens (tertiary/aromatic N) is 2. The van der Waals surface area contributed by atoms with Crippen LogP contribution in [0.25, 0.3) is 0 Å². The van der Waals surface area contributed by atoms with Crippen molar-refractivity contribution in [3.05, 3.63) is 34.5 Å². The van der Waals surface area contributed by atoms with Crippen molar-refractivity contribution in [2.45, 2.75) is 38.0 Å². The molecule has 0 aliphatic carbocycles. The van der Waals surface area contributed by atoms with Crippen LogP contribution < -0.4 is 10.5 Å². The van der Waals surface area contributed by atoms with Crippen molar-refractivity contribution < 1.29 is 13.9 Å². The van der Waals surface area contributed by atoms with Gasteiger partial charge in [0.25, 0.3) is 0 Å². The minimum atomic E-state index is -0.285. The Morgan fingerprint density at radius 3 is 2.81 bits per heavy atom. The Morgan fingerprint density at radius 1 is 1.42 bits per heavy atom. The van der Waals surface area contributed by atoms with Crippen LogP contribution in [0.15, 0.2) is 18.2 Å². The standard InChI is InChI=1S/C19H30ClFN3O2/c1-15-4-5-18(11-19(15)21)26-10-2-3-16-6-8-23(9-7-16)14-24(25)13-17(20)12-22/h4-5,11,16-17H,2-3,6-10,12-14,22H2,1H3/q+1. The van der Waals surface area contributed by atoms with Crippen LogP contribution in [0.4, 0.5) is 4.39 Å². The molecule has 0 radical (unpaired) electrons. The second-order valence-corrected chi connectivity index (χ2v) is 7.72. The Morgan fingerprint density at radius 2 is 2.15 bits per heavy atom. The van der Waals surface area contributed by atoms with Crippen molar-refractivity contribution >= 4 is 11.6 Å². The van der Waals surface area contributed by atoms with Gasteiger partial charge >= 0.3 is 0 Å². The van der Waals surface area contributed by atoms with Crippen LogP contribution in [0.3, 0.4) is 0 Å². The zero-order valence-corrected chi connectivity index (χ0v) is 16.3. The highest BCUT2D eigenvalue weighted by Crippen LogP contribution is 2.22. The minimum absolute atomic E-state index is 0.228. The van der Waals surface area contributed by atoms with E-state index in [1.54, 1.807) is 13.0 Å². The van der Waals surface area contributed by atoms with E-state index in [2.05, 4.69) is 4.90 Å². The molecule has 2 N–H and O–H groups in total. The number of aryl methyl sites for hydroxylation is 1. The van der Waals surface area contributed by atoms with Crippen molar-refractivity contribution in [2.24, 2.45) is 11.7 Å². The third kappa shape index (κ3) is 7.17. The summed E-state index contributed by atoms with van der Waals surface area (Å²) in [6, 6.07) is 4.99. The number of nitrogens with two attached hydrogens (primary N) is 1. The molecule has 1 saturated heterocycles. The summed E-state index contributed by atoms with van der Waals surface area (Å²) < 4.78 is 20.1. The fraction of sp³-hybridized carbons (Fsp3) is 0.684. The van der Waals surface area contributed by atoms with Crippen LogP contribution in [-0.4, -0.2) is 54.5 Å². The van der Waals surface area contributed by atoms with E-state index in [4.69, 9.17) is 22.1 Å². The quantitative estimate of drug-likeness (QED) is 0.381. The van der Waals surface area contributed by atoms with Crippen LogP contribution in [-0.2, 0) is 0 Å². The van der Waals surface area contributed by atoms with Crippen molar-refractivity contribution in [3.8, 4) is 5.75 Å². The molecule has 1 aliphatic rings. The SMILES string of the molecule is Cc1ccc(OCCCC2CCN(C[N+](=O)CC(Cl)CN)CC2)cc1F. The lowest BCUT2D eigenvalue weighted by Crippen LogP contribution is -2.40. The van der Waals surface area contributed by atoms with Crippen LogP contribution in [0.1, 0.15) is 31.2 Å². The Kier molecular flexibility index (Phi) is 8.75. The lowest BCUT2D eigenvalue weighted by Gasteiger charge is -2.29.